The van der Waals surface area contributed by atoms with E-state index < -0.39 is 0 Å². The zero-order valence-corrected chi connectivity index (χ0v) is 16.2. The zero-order valence-electron chi connectivity index (χ0n) is 16.2. The van der Waals surface area contributed by atoms with Crippen molar-refractivity contribution in [3.05, 3.63) is 36.2 Å². The highest BCUT2D eigenvalue weighted by atomic mass is 16.2. The molecule has 1 saturated heterocycles. The number of amides is 2. The van der Waals surface area contributed by atoms with Gasteiger partial charge < -0.3 is 14.8 Å². The van der Waals surface area contributed by atoms with Gasteiger partial charge in [0.25, 0.3) is 0 Å². The van der Waals surface area contributed by atoms with Crippen LogP contribution >= 0.6 is 0 Å². The van der Waals surface area contributed by atoms with E-state index in [-0.39, 0.29) is 23.3 Å². The van der Waals surface area contributed by atoms with E-state index in [0.717, 1.165) is 23.0 Å². The molecule has 2 aliphatic rings. The van der Waals surface area contributed by atoms with Gasteiger partial charge in [0.2, 0.25) is 11.8 Å². The van der Waals surface area contributed by atoms with Crippen LogP contribution in [-0.2, 0) is 9.59 Å². The molecule has 2 aromatic heterocycles. The van der Waals surface area contributed by atoms with Crippen LogP contribution in [0.2, 0.25) is 0 Å². The summed E-state index contributed by atoms with van der Waals surface area (Å²) in [5.41, 5.74) is 4.11. The number of carbonyl (C=O) groups excluding carboxylic acids is 2. The van der Waals surface area contributed by atoms with Crippen LogP contribution in [0.4, 0.5) is 0 Å². The summed E-state index contributed by atoms with van der Waals surface area (Å²) >= 11 is 0. The molecular formula is C21H26N4O2. The second-order valence-corrected chi connectivity index (χ2v) is 8.44. The van der Waals surface area contributed by atoms with E-state index in [0.29, 0.717) is 26.1 Å². The minimum Gasteiger partial charge on any atom is -0.359 e. The van der Waals surface area contributed by atoms with Crippen LogP contribution in [0.1, 0.15) is 39.2 Å². The topological polar surface area (TPSA) is 69.3 Å². The van der Waals surface area contributed by atoms with Crippen molar-refractivity contribution in [1.29, 1.82) is 0 Å². The van der Waals surface area contributed by atoms with Crippen molar-refractivity contribution in [1.82, 2.24) is 19.8 Å². The van der Waals surface area contributed by atoms with Gasteiger partial charge in [-0.05, 0) is 44.9 Å². The Morgan fingerprint density at radius 2 is 2.15 bits per heavy atom. The van der Waals surface area contributed by atoms with E-state index in [1.807, 2.05) is 48.9 Å². The fraction of sp³-hybridized carbons (Fsp3) is 0.476. The number of nitrogens with one attached hydrogen (secondary N) is 1. The van der Waals surface area contributed by atoms with Gasteiger partial charge in [-0.1, -0.05) is 6.08 Å². The van der Waals surface area contributed by atoms with Crippen LogP contribution in [0.5, 0.6) is 0 Å². The first-order valence-corrected chi connectivity index (χ1v) is 9.55. The second kappa shape index (κ2) is 6.51. The van der Waals surface area contributed by atoms with Crippen LogP contribution in [0.15, 0.2) is 30.6 Å². The molecule has 1 unspecified atom stereocenters. The third-order valence-corrected chi connectivity index (χ3v) is 5.59. The molecular weight excluding hydrogens is 340 g/mol. The van der Waals surface area contributed by atoms with Crippen LogP contribution in [-0.4, -0.2) is 56.8 Å². The Morgan fingerprint density at radius 1 is 1.33 bits per heavy atom. The Labute approximate surface area is 159 Å². The smallest absolute Gasteiger partial charge is 0.228 e. The molecule has 1 atom stereocenters. The van der Waals surface area contributed by atoms with Gasteiger partial charge in [0.05, 0.1) is 17.0 Å². The highest BCUT2D eigenvalue weighted by Gasteiger charge is 2.40. The molecule has 4 rings (SSSR count). The lowest BCUT2D eigenvalue weighted by atomic mass is 9.99. The van der Waals surface area contributed by atoms with Crippen molar-refractivity contribution < 1.29 is 9.59 Å². The molecule has 6 nitrogen and oxygen atoms in total. The number of H-pyrrole nitrogens is 1. The quantitative estimate of drug-likeness (QED) is 0.889. The molecule has 2 aliphatic heterocycles. The average Bonchev–Trinajstić information content (AvgIpc) is 3.25. The molecule has 1 fully saturated rings. The molecule has 0 aliphatic carbocycles. The van der Waals surface area contributed by atoms with Crippen LogP contribution in [0, 0.1) is 5.92 Å². The van der Waals surface area contributed by atoms with Gasteiger partial charge in [0, 0.05) is 49.6 Å². The summed E-state index contributed by atoms with van der Waals surface area (Å²) in [4.78, 5) is 36.7. The van der Waals surface area contributed by atoms with Crippen molar-refractivity contribution in [3.8, 4) is 0 Å². The molecule has 27 heavy (non-hydrogen) atoms. The summed E-state index contributed by atoms with van der Waals surface area (Å²) in [6, 6.07) is 3.94. The maximum atomic E-state index is 12.9. The van der Waals surface area contributed by atoms with E-state index in [9.17, 15) is 9.59 Å². The van der Waals surface area contributed by atoms with Crippen LogP contribution < -0.4 is 0 Å². The molecule has 0 spiro atoms. The number of likely N-dealkylation sites (tertiary alicyclic amines) is 1. The molecule has 0 radical (unpaired) electrons. The van der Waals surface area contributed by atoms with Crippen molar-refractivity contribution in [2.75, 3.05) is 19.6 Å². The Kier molecular flexibility index (Phi) is 4.29. The predicted molar refractivity (Wildman–Crippen MR) is 105 cm³/mol. The standard InChI is InChI=1S/C21H26N4O2/c1-21(2,3)25-13-15(11-18(25)26)20(27)24-9-6-14(7-10-24)16-12-23-17-5-4-8-22-19(16)17/h4-6,8,12,15,23H,7,9-11,13H2,1-3H3. The summed E-state index contributed by atoms with van der Waals surface area (Å²) in [5, 5.41) is 0. The molecule has 6 heteroatoms. The largest absolute Gasteiger partial charge is 0.359 e. The first kappa shape index (κ1) is 17.8. The van der Waals surface area contributed by atoms with E-state index in [2.05, 4.69) is 16.0 Å². The number of carbonyl (C=O) groups is 2. The van der Waals surface area contributed by atoms with E-state index >= 15 is 0 Å². The van der Waals surface area contributed by atoms with Gasteiger partial charge in [-0.15, -0.1) is 0 Å². The van der Waals surface area contributed by atoms with Crippen LogP contribution in [0.25, 0.3) is 16.6 Å². The average molecular weight is 366 g/mol. The fourth-order valence-electron chi connectivity index (χ4n) is 4.09. The first-order valence-electron chi connectivity index (χ1n) is 9.55. The van der Waals surface area contributed by atoms with Gasteiger partial charge in [0.15, 0.2) is 0 Å². The number of pyridine rings is 1. The number of rotatable bonds is 2. The van der Waals surface area contributed by atoms with E-state index in [1.54, 1.807) is 6.20 Å². The molecule has 1 N–H and O–H groups in total. The number of hydrogen-bond donors (Lipinski definition) is 1. The summed E-state index contributed by atoms with van der Waals surface area (Å²) < 4.78 is 0. The highest BCUT2D eigenvalue weighted by Crippen LogP contribution is 2.30. The van der Waals surface area contributed by atoms with Crippen LogP contribution in [0.3, 0.4) is 0 Å². The first-order chi connectivity index (χ1) is 12.8. The summed E-state index contributed by atoms with van der Waals surface area (Å²) in [7, 11) is 0. The van der Waals surface area contributed by atoms with Crippen molar-refractivity contribution in [3.63, 3.8) is 0 Å². The Bertz CT molecular complexity index is 922. The zero-order chi connectivity index (χ0) is 19.2. The number of fused-ring (bicyclic) bond motifs is 1. The summed E-state index contributed by atoms with van der Waals surface area (Å²) in [6.45, 7) is 7.85. The van der Waals surface area contributed by atoms with Gasteiger partial charge in [0.1, 0.15) is 0 Å². The van der Waals surface area contributed by atoms with Gasteiger partial charge in [-0.2, -0.15) is 0 Å². The Balaban J connectivity index is 1.46. The molecule has 0 saturated carbocycles. The van der Waals surface area contributed by atoms with Crippen molar-refractivity contribution in [2.24, 2.45) is 5.92 Å². The maximum Gasteiger partial charge on any atom is 0.228 e. The third-order valence-electron chi connectivity index (χ3n) is 5.59. The highest BCUT2D eigenvalue weighted by molar-refractivity contribution is 5.92. The minimum atomic E-state index is -0.233. The number of aromatic amines is 1. The predicted octanol–water partition coefficient (Wildman–Crippen LogP) is 2.83. The second-order valence-electron chi connectivity index (χ2n) is 8.44. The van der Waals surface area contributed by atoms with Gasteiger partial charge >= 0.3 is 0 Å². The summed E-state index contributed by atoms with van der Waals surface area (Å²) in [5.74, 6) is -0.0390. The van der Waals surface area contributed by atoms with Crippen molar-refractivity contribution in [2.45, 2.75) is 39.2 Å². The van der Waals surface area contributed by atoms with E-state index in [1.165, 1.54) is 5.57 Å². The normalized spacial score (nSPS) is 21.1. The molecule has 142 valence electrons. The van der Waals surface area contributed by atoms with Gasteiger partial charge in [-0.3, -0.25) is 14.6 Å². The summed E-state index contributed by atoms with van der Waals surface area (Å²) in [6.07, 6.45) is 7.06. The third kappa shape index (κ3) is 3.24. The number of nitrogens with zero attached hydrogens (tertiary/aromatic N) is 3. The number of hydrogen-bond acceptors (Lipinski definition) is 3. The van der Waals surface area contributed by atoms with E-state index in [4.69, 9.17) is 0 Å². The lowest BCUT2D eigenvalue weighted by Crippen LogP contribution is -2.44. The molecule has 0 aromatic carbocycles. The molecule has 4 heterocycles. The van der Waals surface area contributed by atoms with Crippen molar-refractivity contribution >= 4 is 28.4 Å². The molecule has 2 amide bonds. The molecule has 2 aromatic rings. The lowest BCUT2D eigenvalue weighted by Gasteiger charge is -2.33. The SMILES string of the molecule is CC(C)(C)N1CC(C(=O)N2CC=C(c3c[nH]c4cccnc34)CC2)CC1=O. The monoisotopic (exact) mass is 366 g/mol. The Morgan fingerprint density at radius 3 is 2.81 bits per heavy atom. The Hall–Kier alpha value is -2.63. The molecule has 0 bridgehead atoms. The number of aromatic nitrogens is 2. The maximum absolute atomic E-state index is 12.9. The van der Waals surface area contributed by atoms with Gasteiger partial charge in [-0.25, -0.2) is 0 Å². The fourth-order valence-corrected chi connectivity index (χ4v) is 4.09. The minimum absolute atomic E-state index is 0.0824. The lowest BCUT2D eigenvalue weighted by molar-refractivity contribution is -0.135.